The lowest BCUT2D eigenvalue weighted by molar-refractivity contribution is 0.293. The smallest absolute Gasteiger partial charge is 0.0139 e. The van der Waals surface area contributed by atoms with E-state index in [0.717, 1.165) is 5.92 Å². The minimum Gasteiger partial charge on any atom is -0.327 e. The van der Waals surface area contributed by atoms with Gasteiger partial charge in [0.2, 0.25) is 0 Å². The van der Waals surface area contributed by atoms with E-state index in [0.29, 0.717) is 6.04 Å². The summed E-state index contributed by atoms with van der Waals surface area (Å²) in [5.74, 6) is 0.751. The predicted octanol–water partition coefficient (Wildman–Crippen LogP) is 4.65. The summed E-state index contributed by atoms with van der Waals surface area (Å²) in [7, 11) is 0. The topological polar surface area (TPSA) is 26.0 Å². The Balaban J connectivity index is 2.15. The zero-order chi connectivity index (χ0) is 13.7. The minimum atomic E-state index is 0.253. The van der Waals surface area contributed by atoms with Crippen LogP contribution in [0.5, 0.6) is 0 Å². The highest BCUT2D eigenvalue weighted by Gasteiger charge is 2.41. The van der Waals surface area contributed by atoms with Crippen molar-refractivity contribution in [2.75, 3.05) is 0 Å². The lowest BCUT2D eigenvalue weighted by Crippen LogP contribution is -2.44. The van der Waals surface area contributed by atoms with Crippen molar-refractivity contribution in [3.8, 4) is 0 Å². The number of hydrogen-bond acceptors (Lipinski definition) is 1. The summed E-state index contributed by atoms with van der Waals surface area (Å²) >= 11 is 0. The first kappa shape index (κ1) is 14.6. The molecule has 1 heteroatoms. The van der Waals surface area contributed by atoms with Crippen molar-refractivity contribution < 1.29 is 0 Å². The third-order valence-corrected chi connectivity index (χ3v) is 4.99. The van der Waals surface area contributed by atoms with E-state index >= 15 is 0 Å². The van der Waals surface area contributed by atoms with E-state index in [1.54, 1.807) is 0 Å². The molecule has 1 aliphatic carbocycles. The molecule has 0 aromatic heterocycles. The first-order chi connectivity index (χ1) is 9.19. The van der Waals surface area contributed by atoms with E-state index < -0.39 is 0 Å². The second kappa shape index (κ2) is 6.56. The van der Waals surface area contributed by atoms with Gasteiger partial charge in [-0.1, -0.05) is 69.9 Å². The summed E-state index contributed by atoms with van der Waals surface area (Å²) in [4.78, 5) is 0. The zero-order valence-electron chi connectivity index (χ0n) is 12.6. The maximum atomic E-state index is 6.68. The largest absolute Gasteiger partial charge is 0.327 e. The third kappa shape index (κ3) is 3.20. The summed E-state index contributed by atoms with van der Waals surface area (Å²) in [6.07, 6.45) is 8.97. The highest BCUT2D eigenvalue weighted by Crippen LogP contribution is 2.44. The summed E-state index contributed by atoms with van der Waals surface area (Å²) in [6, 6.07) is 11.3. The molecule has 1 aliphatic rings. The monoisotopic (exact) mass is 259 g/mol. The molecule has 1 fully saturated rings. The van der Waals surface area contributed by atoms with Gasteiger partial charge in [0.1, 0.15) is 0 Å². The fourth-order valence-electron chi connectivity index (χ4n) is 3.92. The van der Waals surface area contributed by atoms with Crippen molar-refractivity contribution >= 4 is 0 Å². The molecule has 2 atom stereocenters. The molecule has 2 rings (SSSR count). The molecule has 106 valence electrons. The van der Waals surface area contributed by atoms with Crippen molar-refractivity contribution in [3.05, 3.63) is 35.9 Å². The van der Waals surface area contributed by atoms with Crippen molar-refractivity contribution in [1.82, 2.24) is 0 Å². The van der Waals surface area contributed by atoms with Gasteiger partial charge in [0, 0.05) is 11.5 Å². The predicted molar refractivity (Wildman–Crippen MR) is 83.3 cm³/mol. The van der Waals surface area contributed by atoms with Crippen LogP contribution in [-0.4, -0.2) is 6.04 Å². The van der Waals surface area contributed by atoms with Crippen LogP contribution in [0.15, 0.2) is 30.3 Å². The van der Waals surface area contributed by atoms with Gasteiger partial charge in [0.15, 0.2) is 0 Å². The normalized spacial score (nSPS) is 21.2. The molecular formula is C18H29N. The number of nitrogens with two attached hydrogens (primary N) is 1. The average molecular weight is 259 g/mol. The molecule has 0 spiro atoms. The van der Waals surface area contributed by atoms with Gasteiger partial charge in [0.25, 0.3) is 0 Å². The Labute approximate surface area is 118 Å². The molecule has 0 bridgehead atoms. The summed E-state index contributed by atoms with van der Waals surface area (Å²) < 4.78 is 0. The van der Waals surface area contributed by atoms with Gasteiger partial charge in [-0.2, -0.15) is 0 Å². The molecule has 0 radical (unpaired) electrons. The van der Waals surface area contributed by atoms with Crippen LogP contribution in [0, 0.1) is 5.92 Å². The highest BCUT2D eigenvalue weighted by molar-refractivity contribution is 5.29. The molecule has 0 saturated heterocycles. The van der Waals surface area contributed by atoms with Gasteiger partial charge in [-0.25, -0.2) is 0 Å². The Morgan fingerprint density at radius 3 is 2.37 bits per heavy atom. The average Bonchev–Trinajstić information content (AvgIpc) is 2.90. The molecule has 1 aromatic carbocycles. The maximum absolute atomic E-state index is 6.68. The fraction of sp³-hybridized carbons (Fsp3) is 0.667. The van der Waals surface area contributed by atoms with Crippen molar-refractivity contribution in [2.45, 2.75) is 70.3 Å². The van der Waals surface area contributed by atoms with E-state index in [2.05, 4.69) is 44.2 Å². The fourth-order valence-corrected chi connectivity index (χ4v) is 3.92. The number of hydrogen-bond donors (Lipinski definition) is 1. The second-order valence-corrected chi connectivity index (χ2v) is 6.47. The Morgan fingerprint density at radius 2 is 1.79 bits per heavy atom. The van der Waals surface area contributed by atoms with Crippen LogP contribution in [0.1, 0.15) is 64.4 Å². The number of benzene rings is 1. The molecule has 2 unspecified atom stereocenters. The van der Waals surface area contributed by atoms with E-state index in [4.69, 9.17) is 5.73 Å². The SMILES string of the molecule is CCCC(C)CC(N)C1(c2ccccc2)CCCC1. The van der Waals surface area contributed by atoms with Gasteiger partial charge in [-0.05, 0) is 30.7 Å². The number of rotatable bonds is 6. The molecular weight excluding hydrogens is 230 g/mol. The molecule has 0 amide bonds. The molecule has 19 heavy (non-hydrogen) atoms. The van der Waals surface area contributed by atoms with Crippen molar-refractivity contribution in [2.24, 2.45) is 11.7 Å². The Bertz CT molecular complexity index is 365. The Kier molecular flexibility index (Phi) is 5.04. The van der Waals surface area contributed by atoms with E-state index in [1.165, 1.54) is 50.5 Å². The van der Waals surface area contributed by atoms with Crippen LogP contribution in [0.25, 0.3) is 0 Å². The lowest BCUT2D eigenvalue weighted by Gasteiger charge is -2.37. The molecule has 1 nitrogen and oxygen atoms in total. The summed E-state index contributed by atoms with van der Waals surface area (Å²) in [5, 5.41) is 0. The van der Waals surface area contributed by atoms with Crippen LogP contribution < -0.4 is 5.73 Å². The molecule has 0 heterocycles. The van der Waals surface area contributed by atoms with Gasteiger partial charge in [-0.3, -0.25) is 0 Å². The van der Waals surface area contributed by atoms with Crippen LogP contribution in [0.2, 0.25) is 0 Å². The molecule has 1 aromatic rings. The van der Waals surface area contributed by atoms with Crippen molar-refractivity contribution in [3.63, 3.8) is 0 Å². The first-order valence-electron chi connectivity index (χ1n) is 8.00. The molecule has 0 aliphatic heterocycles. The standard InChI is InChI=1S/C18H29N/c1-3-9-15(2)14-17(19)18(12-7-8-13-18)16-10-5-4-6-11-16/h4-6,10-11,15,17H,3,7-9,12-14,19H2,1-2H3. The van der Waals surface area contributed by atoms with Gasteiger partial charge in [-0.15, -0.1) is 0 Å². The van der Waals surface area contributed by atoms with Crippen molar-refractivity contribution in [1.29, 1.82) is 0 Å². The summed E-state index contributed by atoms with van der Waals surface area (Å²) in [6.45, 7) is 4.63. The Morgan fingerprint density at radius 1 is 1.16 bits per heavy atom. The Hall–Kier alpha value is -0.820. The van der Waals surface area contributed by atoms with Crippen LogP contribution in [0.4, 0.5) is 0 Å². The van der Waals surface area contributed by atoms with E-state index in [9.17, 15) is 0 Å². The van der Waals surface area contributed by atoms with Crippen LogP contribution in [0.3, 0.4) is 0 Å². The lowest BCUT2D eigenvalue weighted by atomic mass is 9.70. The quantitative estimate of drug-likeness (QED) is 0.790. The maximum Gasteiger partial charge on any atom is 0.0139 e. The van der Waals surface area contributed by atoms with E-state index in [-0.39, 0.29) is 5.41 Å². The third-order valence-electron chi connectivity index (χ3n) is 4.99. The highest BCUT2D eigenvalue weighted by atomic mass is 14.7. The van der Waals surface area contributed by atoms with Gasteiger partial charge >= 0.3 is 0 Å². The first-order valence-corrected chi connectivity index (χ1v) is 8.00. The molecule has 2 N–H and O–H groups in total. The minimum absolute atomic E-state index is 0.253. The van der Waals surface area contributed by atoms with Crippen LogP contribution >= 0.6 is 0 Å². The molecule has 1 saturated carbocycles. The second-order valence-electron chi connectivity index (χ2n) is 6.47. The zero-order valence-corrected chi connectivity index (χ0v) is 12.6. The summed E-state index contributed by atoms with van der Waals surface area (Å²) in [5.41, 5.74) is 8.41. The van der Waals surface area contributed by atoms with E-state index in [1.807, 2.05) is 0 Å². The van der Waals surface area contributed by atoms with Gasteiger partial charge in [0.05, 0.1) is 0 Å². The van der Waals surface area contributed by atoms with Crippen LogP contribution in [-0.2, 0) is 5.41 Å². The van der Waals surface area contributed by atoms with Gasteiger partial charge < -0.3 is 5.73 Å².